The van der Waals surface area contributed by atoms with Crippen LogP contribution in [0.3, 0.4) is 0 Å². The van der Waals surface area contributed by atoms with E-state index < -0.39 is 0 Å². The lowest BCUT2D eigenvalue weighted by molar-refractivity contribution is 0.766. The lowest BCUT2D eigenvalue weighted by atomic mass is 10.2. The minimum Gasteiger partial charge on any atom is -0.399 e. The highest BCUT2D eigenvalue weighted by Crippen LogP contribution is 2.27. The predicted octanol–water partition coefficient (Wildman–Crippen LogP) is 1.15. The molecule has 0 radical (unpaired) electrons. The van der Waals surface area contributed by atoms with Crippen molar-refractivity contribution >= 4 is 17.4 Å². The number of nitrogens with one attached hydrogen (secondary N) is 1. The molecule has 1 aromatic carbocycles. The molecule has 0 aliphatic rings. The van der Waals surface area contributed by atoms with Crippen LogP contribution < -0.4 is 11.4 Å². The quantitative estimate of drug-likeness (QED) is 0.767. The van der Waals surface area contributed by atoms with Crippen LogP contribution in [-0.4, -0.2) is 14.8 Å². The molecule has 0 fully saturated rings. The van der Waals surface area contributed by atoms with Gasteiger partial charge in [0.25, 0.3) is 0 Å². The number of H-pyrrole nitrogens is 1. The molecule has 0 saturated heterocycles. The van der Waals surface area contributed by atoms with Gasteiger partial charge < -0.3 is 5.73 Å². The Bertz CT molecular complexity index is 552. The summed E-state index contributed by atoms with van der Waals surface area (Å²) in [6, 6.07) is 5.75. The third kappa shape index (κ3) is 2.11. The second-order valence-corrected chi connectivity index (χ2v) is 4.59. The van der Waals surface area contributed by atoms with Gasteiger partial charge in [-0.25, -0.2) is 9.89 Å². The van der Waals surface area contributed by atoms with Gasteiger partial charge in [-0.1, -0.05) is 0 Å². The average Bonchev–Trinajstić information content (AvgIpc) is 2.48. The van der Waals surface area contributed by atoms with Crippen LogP contribution in [0.5, 0.6) is 0 Å². The largest absolute Gasteiger partial charge is 0.399 e. The SMILES string of the molecule is Cc1cc(N)cc(Sc2n[nH]c(=O)n2C)c1. The van der Waals surface area contributed by atoms with E-state index in [1.165, 1.54) is 16.3 Å². The van der Waals surface area contributed by atoms with Crippen molar-refractivity contribution in [2.45, 2.75) is 17.0 Å². The Morgan fingerprint density at radius 2 is 2.19 bits per heavy atom. The fourth-order valence-electron chi connectivity index (χ4n) is 1.36. The van der Waals surface area contributed by atoms with E-state index in [9.17, 15) is 4.79 Å². The van der Waals surface area contributed by atoms with E-state index in [-0.39, 0.29) is 5.69 Å². The molecule has 0 aliphatic heterocycles. The summed E-state index contributed by atoms with van der Waals surface area (Å²) in [6.45, 7) is 1.98. The average molecular weight is 236 g/mol. The van der Waals surface area contributed by atoms with Gasteiger partial charge in [-0.3, -0.25) is 4.57 Å². The molecule has 0 spiro atoms. The third-order valence-electron chi connectivity index (χ3n) is 2.12. The monoisotopic (exact) mass is 236 g/mol. The van der Waals surface area contributed by atoms with Crippen molar-refractivity contribution in [1.29, 1.82) is 0 Å². The number of nitrogens with two attached hydrogens (primary N) is 1. The van der Waals surface area contributed by atoms with Gasteiger partial charge in [-0.15, -0.1) is 5.10 Å². The number of hydrogen-bond donors (Lipinski definition) is 2. The first-order valence-corrected chi connectivity index (χ1v) is 5.54. The van der Waals surface area contributed by atoms with Gasteiger partial charge in [-0.2, -0.15) is 0 Å². The van der Waals surface area contributed by atoms with E-state index in [1.807, 2.05) is 25.1 Å². The molecule has 0 unspecified atom stereocenters. The van der Waals surface area contributed by atoms with Crippen molar-refractivity contribution in [1.82, 2.24) is 14.8 Å². The number of rotatable bonds is 2. The highest BCUT2D eigenvalue weighted by molar-refractivity contribution is 7.99. The van der Waals surface area contributed by atoms with Gasteiger partial charge in [0.1, 0.15) is 0 Å². The number of aromatic nitrogens is 3. The molecular formula is C10H12N4OS. The van der Waals surface area contributed by atoms with Crippen LogP contribution >= 0.6 is 11.8 Å². The van der Waals surface area contributed by atoms with E-state index >= 15 is 0 Å². The number of nitrogens with zero attached hydrogens (tertiary/aromatic N) is 2. The van der Waals surface area contributed by atoms with Crippen LogP contribution in [0.15, 0.2) is 33.0 Å². The zero-order valence-corrected chi connectivity index (χ0v) is 9.84. The number of aryl methyl sites for hydroxylation is 1. The summed E-state index contributed by atoms with van der Waals surface area (Å²) in [7, 11) is 1.67. The van der Waals surface area contributed by atoms with Crippen LogP contribution in [-0.2, 0) is 7.05 Å². The molecule has 1 aromatic heterocycles. The molecule has 1 heterocycles. The lowest BCUT2D eigenvalue weighted by Crippen LogP contribution is -2.12. The van der Waals surface area contributed by atoms with Crippen LogP contribution in [0.25, 0.3) is 0 Å². The number of nitrogen functional groups attached to an aromatic ring is 1. The highest BCUT2D eigenvalue weighted by atomic mass is 32.2. The van der Waals surface area contributed by atoms with E-state index in [4.69, 9.17) is 5.73 Å². The molecule has 5 nitrogen and oxygen atoms in total. The standard InChI is InChI=1S/C10H12N4OS/c1-6-3-7(11)5-8(4-6)16-10-13-12-9(15)14(10)2/h3-5H,11H2,1-2H3,(H,12,15). The van der Waals surface area contributed by atoms with Gasteiger partial charge in [0.2, 0.25) is 0 Å². The normalized spacial score (nSPS) is 10.6. The van der Waals surface area contributed by atoms with Gasteiger partial charge in [0, 0.05) is 17.6 Å². The van der Waals surface area contributed by atoms with E-state index in [2.05, 4.69) is 10.2 Å². The molecule has 84 valence electrons. The third-order valence-corrected chi connectivity index (χ3v) is 3.14. The minimum atomic E-state index is -0.219. The first-order chi connectivity index (χ1) is 7.56. The maximum atomic E-state index is 11.2. The zero-order chi connectivity index (χ0) is 11.7. The number of benzene rings is 1. The van der Waals surface area contributed by atoms with Crippen molar-refractivity contribution < 1.29 is 0 Å². The van der Waals surface area contributed by atoms with Gasteiger partial charge in [-0.05, 0) is 42.4 Å². The Labute approximate surface area is 96.7 Å². The molecule has 2 rings (SSSR count). The van der Waals surface area contributed by atoms with Crippen molar-refractivity contribution in [2.24, 2.45) is 7.05 Å². The molecule has 3 N–H and O–H groups in total. The van der Waals surface area contributed by atoms with E-state index in [1.54, 1.807) is 7.05 Å². The first kappa shape index (κ1) is 10.8. The second-order valence-electron chi connectivity index (χ2n) is 3.55. The Morgan fingerprint density at radius 1 is 1.44 bits per heavy atom. The molecule has 0 bridgehead atoms. The summed E-state index contributed by atoms with van der Waals surface area (Å²) in [5, 5.41) is 6.93. The fraction of sp³-hybridized carbons (Fsp3) is 0.200. The van der Waals surface area contributed by atoms with Crippen molar-refractivity contribution in [3.05, 3.63) is 34.2 Å². The van der Waals surface area contributed by atoms with Crippen molar-refractivity contribution in [2.75, 3.05) is 5.73 Å². The topological polar surface area (TPSA) is 76.7 Å². The highest BCUT2D eigenvalue weighted by Gasteiger charge is 2.06. The summed E-state index contributed by atoms with van der Waals surface area (Å²) in [6.07, 6.45) is 0. The van der Waals surface area contributed by atoms with E-state index in [0.29, 0.717) is 10.8 Å². The molecular weight excluding hydrogens is 224 g/mol. The van der Waals surface area contributed by atoms with Crippen molar-refractivity contribution in [3.8, 4) is 0 Å². The molecule has 0 saturated carbocycles. The maximum absolute atomic E-state index is 11.2. The molecule has 0 atom stereocenters. The van der Waals surface area contributed by atoms with Crippen LogP contribution in [0, 0.1) is 6.92 Å². The zero-order valence-electron chi connectivity index (χ0n) is 9.02. The molecule has 0 amide bonds. The summed E-state index contributed by atoms with van der Waals surface area (Å²) in [5.74, 6) is 0. The molecule has 2 aromatic rings. The fourth-order valence-corrected chi connectivity index (χ4v) is 2.33. The molecule has 0 aliphatic carbocycles. The second kappa shape index (κ2) is 4.05. The smallest absolute Gasteiger partial charge is 0.343 e. The summed E-state index contributed by atoms with van der Waals surface area (Å²) in [4.78, 5) is 12.1. The van der Waals surface area contributed by atoms with E-state index in [0.717, 1.165) is 10.5 Å². The van der Waals surface area contributed by atoms with Crippen molar-refractivity contribution in [3.63, 3.8) is 0 Å². The number of anilines is 1. The predicted molar refractivity (Wildman–Crippen MR) is 63.5 cm³/mol. The number of aromatic amines is 1. The number of hydrogen-bond acceptors (Lipinski definition) is 4. The summed E-state index contributed by atoms with van der Waals surface area (Å²) < 4.78 is 1.46. The minimum absolute atomic E-state index is 0.219. The first-order valence-electron chi connectivity index (χ1n) is 4.72. The molecule has 6 heteroatoms. The Kier molecular flexibility index (Phi) is 2.74. The van der Waals surface area contributed by atoms with Crippen LogP contribution in [0.1, 0.15) is 5.56 Å². The van der Waals surface area contributed by atoms with Gasteiger partial charge >= 0.3 is 5.69 Å². The lowest BCUT2D eigenvalue weighted by Gasteiger charge is -2.03. The molecule has 16 heavy (non-hydrogen) atoms. The Hall–Kier alpha value is -1.69. The van der Waals surface area contributed by atoms with Crippen LogP contribution in [0.4, 0.5) is 5.69 Å². The van der Waals surface area contributed by atoms with Gasteiger partial charge in [0.15, 0.2) is 5.16 Å². The van der Waals surface area contributed by atoms with Crippen LogP contribution in [0.2, 0.25) is 0 Å². The Morgan fingerprint density at radius 3 is 2.75 bits per heavy atom. The summed E-state index contributed by atoms with van der Waals surface area (Å²) in [5.41, 5.74) is 7.32. The summed E-state index contributed by atoms with van der Waals surface area (Å²) >= 11 is 1.40. The van der Waals surface area contributed by atoms with Gasteiger partial charge in [0.05, 0.1) is 0 Å². The maximum Gasteiger partial charge on any atom is 0.343 e. The Balaban J connectivity index is 2.34.